The van der Waals surface area contributed by atoms with Gasteiger partial charge in [-0.3, -0.25) is 0 Å². The topological polar surface area (TPSA) is 28.7 Å². The smallest absolute Gasteiger partial charge is 0.342 e. The van der Waals surface area contributed by atoms with Crippen LogP contribution in [-0.4, -0.2) is 9.97 Å². The molecule has 17 heavy (non-hydrogen) atoms. The van der Waals surface area contributed by atoms with Crippen molar-refractivity contribution in [2.24, 2.45) is 0 Å². The largest absolute Gasteiger partial charge is 0.416 e. The molecule has 1 heterocycles. The van der Waals surface area contributed by atoms with Crippen molar-refractivity contribution in [2.75, 3.05) is 0 Å². The molecule has 0 spiro atoms. The van der Waals surface area contributed by atoms with Gasteiger partial charge < -0.3 is 4.98 Å². The van der Waals surface area contributed by atoms with Crippen molar-refractivity contribution in [1.29, 1.82) is 0 Å². The lowest BCUT2D eigenvalue weighted by atomic mass is 10.1. The van der Waals surface area contributed by atoms with Gasteiger partial charge in [0.1, 0.15) is 11.6 Å². The molecular weight excluding hydrogens is 236 g/mol. The van der Waals surface area contributed by atoms with E-state index in [-0.39, 0.29) is 11.4 Å². The lowest BCUT2D eigenvalue weighted by Gasteiger charge is -2.07. The predicted molar refractivity (Wildman–Crippen MR) is 53.7 cm³/mol. The van der Waals surface area contributed by atoms with Crippen LogP contribution in [0.25, 0.3) is 11.4 Å². The Morgan fingerprint density at radius 2 is 1.94 bits per heavy atom. The summed E-state index contributed by atoms with van der Waals surface area (Å²) in [4.78, 5) is 6.62. The molecule has 0 atom stereocenters. The number of alkyl halides is 3. The highest BCUT2D eigenvalue weighted by Crippen LogP contribution is 2.31. The van der Waals surface area contributed by atoms with Crippen LogP contribution >= 0.6 is 0 Å². The molecule has 0 unspecified atom stereocenters. The fourth-order valence-corrected chi connectivity index (χ4v) is 1.43. The molecule has 0 bridgehead atoms. The number of nitrogens with one attached hydrogen (secondary N) is 1. The number of aryl methyl sites for hydroxylation is 1. The van der Waals surface area contributed by atoms with Gasteiger partial charge in [-0.1, -0.05) is 0 Å². The minimum atomic E-state index is -4.54. The van der Waals surface area contributed by atoms with Gasteiger partial charge in [0.2, 0.25) is 0 Å². The number of benzene rings is 1. The van der Waals surface area contributed by atoms with Crippen LogP contribution in [0.3, 0.4) is 0 Å². The van der Waals surface area contributed by atoms with Gasteiger partial charge in [-0.15, -0.1) is 0 Å². The molecule has 0 aliphatic heterocycles. The van der Waals surface area contributed by atoms with Gasteiger partial charge in [-0.25, -0.2) is 9.37 Å². The molecule has 1 aromatic heterocycles. The highest BCUT2D eigenvalue weighted by Gasteiger charge is 2.31. The first kappa shape index (κ1) is 11.6. The number of imidazole rings is 1. The fourth-order valence-electron chi connectivity index (χ4n) is 1.43. The Kier molecular flexibility index (Phi) is 2.65. The van der Waals surface area contributed by atoms with E-state index in [2.05, 4.69) is 9.97 Å². The van der Waals surface area contributed by atoms with Crippen molar-refractivity contribution in [2.45, 2.75) is 13.1 Å². The second-order valence-corrected chi connectivity index (χ2v) is 3.61. The molecular formula is C11H8F4N2. The highest BCUT2D eigenvalue weighted by molar-refractivity contribution is 5.57. The number of aromatic amines is 1. The zero-order valence-electron chi connectivity index (χ0n) is 8.77. The summed E-state index contributed by atoms with van der Waals surface area (Å²) in [5.74, 6) is -0.733. The summed E-state index contributed by atoms with van der Waals surface area (Å²) in [5, 5.41) is 0. The average molecular weight is 244 g/mol. The zero-order valence-corrected chi connectivity index (χ0v) is 8.77. The maximum atomic E-state index is 13.5. The molecule has 1 N–H and O–H groups in total. The summed E-state index contributed by atoms with van der Waals surface area (Å²) in [6.07, 6.45) is -3.06. The molecule has 0 aliphatic carbocycles. The Morgan fingerprint density at radius 1 is 1.24 bits per heavy atom. The normalized spacial score (nSPS) is 11.8. The summed E-state index contributed by atoms with van der Waals surface area (Å²) in [6.45, 7) is 1.72. The predicted octanol–water partition coefficient (Wildman–Crippen LogP) is 3.54. The minimum Gasteiger partial charge on any atom is -0.342 e. The van der Waals surface area contributed by atoms with Crippen LogP contribution in [0.4, 0.5) is 17.6 Å². The van der Waals surface area contributed by atoms with Crippen LogP contribution in [0.15, 0.2) is 24.4 Å². The minimum absolute atomic E-state index is 0.0195. The van der Waals surface area contributed by atoms with Crippen LogP contribution in [0.1, 0.15) is 11.3 Å². The fraction of sp³-hybridized carbons (Fsp3) is 0.182. The zero-order chi connectivity index (χ0) is 12.6. The number of aromatic nitrogens is 2. The number of halogens is 4. The third kappa shape index (κ3) is 2.30. The van der Waals surface area contributed by atoms with Gasteiger partial charge in [-0.2, -0.15) is 13.2 Å². The summed E-state index contributed by atoms with van der Waals surface area (Å²) in [5.41, 5.74) is -0.285. The van der Waals surface area contributed by atoms with E-state index in [4.69, 9.17) is 0 Å². The molecule has 0 fully saturated rings. The highest BCUT2D eigenvalue weighted by atomic mass is 19.4. The molecule has 0 radical (unpaired) electrons. The Labute approximate surface area is 94.3 Å². The van der Waals surface area contributed by atoms with Crippen molar-refractivity contribution in [1.82, 2.24) is 9.97 Å². The summed E-state index contributed by atoms with van der Waals surface area (Å²) < 4.78 is 50.5. The Hall–Kier alpha value is -1.85. The van der Waals surface area contributed by atoms with Crippen molar-refractivity contribution in [3.63, 3.8) is 0 Å². The van der Waals surface area contributed by atoms with E-state index in [1.807, 2.05) is 0 Å². The number of rotatable bonds is 1. The second-order valence-electron chi connectivity index (χ2n) is 3.61. The molecule has 0 saturated carbocycles. The quantitative estimate of drug-likeness (QED) is 0.763. The van der Waals surface area contributed by atoms with E-state index in [0.29, 0.717) is 11.8 Å². The standard InChI is InChI=1S/C11H8F4N2/c1-6-5-16-10(17-6)8-3-2-7(4-9(8)12)11(13,14)15/h2-5H,1H3,(H,16,17). The first-order valence-electron chi connectivity index (χ1n) is 4.76. The molecule has 2 aromatic rings. The Morgan fingerprint density at radius 3 is 2.41 bits per heavy atom. The third-order valence-corrected chi connectivity index (χ3v) is 2.25. The monoisotopic (exact) mass is 244 g/mol. The van der Waals surface area contributed by atoms with E-state index in [0.717, 1.165) is 12.1 Å². The van der Waals surface area contributed by atoms with Crippen LogP contribution in [0.2, 0.25) is 0 Å². The SMILES string of the molecule is Cc1cnc(-c2ccc(C(F)(F)F)cc2F)[nH]1. The van der Waals surface area contributed by atoms with Gasteiger partial charge in [0, 0.05) is 11.9 Å². The summed E-state index contributed by atoms with van der Waals surface area (Å²) in [7, 11) is 0. The van der Waals surface area contributed by atoms with Crippen LogP contribution in [0, 0.1) is 12.7 Å². The maximum Gasteiger partial charge on any atom is 0.416 e. The first-order valence-corrected chi connectivity index (χ1v) is 4.76. The van der Waals surface area contributed by atoms with E-state index >= 15 is 0 Å². The molecule has 0 amide bonds. The number of nitrogens with zero attached hydrogens (tertiary/aromatic N) is 1. The van der Waals surface area contributed by atoms with Gasteiger partial charge in [0.25, 0.3) is 0 Å². The van der Waals surface area contributed by atoms with E-state index in [1.54, 1.807) is 6.92 Å². The molecule has 6 heteroatoms. The molecule has 2 rings (SSSR count). The number of H-pyrrole nitrogens is 1. The van der Waals surface area contributed by atoms with E-state index < -0.39 is 17.6 Å². The molecule has 90 valence electrons. The Balaban J connectivity index is 2.45. The van der Waals surface area contributed by atoms with E-state index in [1.165, 1.54) is 6.20 Å². The maximum absolute atomic E-state index is 13.5. The van der Waals surface area contributed by atoms with Gasteiger partial charge in [0.15, 0.2) is 0 Å². The van der Waals surface area contributed by atoms with Gasteiger partial charge in [-0.05, 0) is 25.1 Å². The molecule has 0 aliphatic rings. The van der Waals surface area contributed by atoms with Crippen molar-refractivity contribution < 1.29 is 17.6 Å². The molecule has 2 nitrogen and oxygen atoms in total. The molecule has 1 aromatic carbocycles. The Bertz CT molecular complexity index is 543. The van der Waals surface area contributed by atoms with Crippen molar-refractivity contribution in [3.05, 3.63) is 41.5 Å². The average Bonchev–Trinajstić information content (AvgIpc) is 2.63. The van der Waals surface area contributed by atoms with Crippen LogP contribution < -0.4 is 0 Å². The van der Waals surface area contributed by atoms with Crippen LogP contribution in [-0.2, 0) is 6.18 Å². The lowest BCUT2D eigenvalue weighted by molar-refractivity contribution is -0.137. The first-order chi connectivity index (χ1) is 7.88. The van der Waals surface area contributed by atoms with Gasteiger partial charge >= 0.3 is 6.18 Å². The third-order valence-electron chi connectivity index (χ3n) is 2.25. The number of hydrogen-bond acceptors (Lipinski definition) is 1. The summed E-state index contributed by atoms with van der Waals surface area (Å²) >= 11 is 0. The van der Waals surface area contributed by atoms with Crippen molar-refractivity contribution >= 4 is 0 Å². The van der Waals surface area contributed by atoms with E-state index in [9.17, 15) is 17.6 Å². The second kappa shape index (κ2) is 3.87. The van der Waals surface area contributed by atoms with Crippen LogP contribution in [0.5, 0.6) is 0 Å². The van der Waals surface area contributed by atoms with Gasteiger partial charge in [0.05, 0.1) is 11.1 Å². The summed E-state index contributed by atoms with van der Waals surface area (Å²) in [6, 6.07) is 2.36. The molecule has 0 saturated heterocycles. The lowest BCUT2D eigenvalue weighted by Crippen LogP contribution is -2.05. The van der Waals surface area contributed by atoms with Crippen molar-refractivity contribution in [3.8, 4) is 11.4 Å². The number of hydrogen-bond donors (Lipinski definition) is 1.